The fourth-order valence-electron chi connectivity index (χ4n) is 3.31. The normalized spacial score (nSPS) is 14.8. The topological polar surface area (TPSA) is 38.8 Å². The van der Waals surface area contributed by atoms with Crippen LogP contribution in [0.5, 0.6) is 5.75 Å². The second-order valence-corrected chi connectivity index (χ2v) is 6.68. The van der Waals surface area contributed by atoms with Gasteiger partial charge in [0.25, 0.3) is 5.91 Å². The summed E-state index contributed by atoms with van der Waals surface area (Å²) < 4.78 is 10.9. The highest BCUT2D eigenvalue weighted by Crippen LogP contribution is 2.20. The van der Waals surface area contributed by atoms with Gasteiger partial charge in [0, 0.05) is 31.9 Å². The summed E-state index contributed by atoms with van der Waals surface area (Å²) in [4.78, 5) is 15.1. The highest BCUT2D eigenvalue weighted by Gasteiger charge is 2.22. The largest absolute Gasteiger partial charge is 0.494 e. The third-order valence-corrected chi connectivity index (χ3v) is 4.74. The summed E-state index contributed by atoms with van der Waals surface area (Å²) >= 11 is 0. The van der Waals surface area contributed by atoms with E-state index in [1.165, 1.54) is 0 Å². The number of ether oxygens (including phenoxy) is 2. The van der Waals surface area contributed by atoms with Crippen molar-refractivity contribution in [3.8, 4) is 5.75 Å². The second-order valence-electron chi connectivity index (χ2n) is 6.68. The van der Waals surface area contributed by atoms with Crippen LogP contribution in [0.4, 0.5) is 0 Å². The van der Waals surface area contributed by atoms with Crippen molar-refractivity contribution in [3.05, 3.63) is 65.7 Å². The third kappa shape index (κ3) is 5.09. The summed E-state index contributed by atoms with van der Waals surface area (Å²) in [5, 5.41) is 0. The third-order valence-electron chi connectivity index (χ3n) is 4.74. The molecule has 138 valence electrons. The first-order chi connectivity index (χ1) is 12.8. The van der Waals surface area contributed by atoms with Crippen LogP contribution < -0.4 is 4.74 Å². The molecular weight excluding hydrogens is 326 g/mol. The van der Waals surface area contributed by atoms with Gasteiger partial charge in [-0.3, -0.25) is 4.79 Å². The van der Waals surface area contributed by atoms with Gasteiger partial charge in [-0.25, -0.2) is 0 Å². The lowest BCUT2D eigenvalue weighted by atomic mass is 9.99. The number of hydrogen-bond acceptors (Lipinski definition) is 3. The van der Waals surface area contributed by atoms with Crippen LogP contribution in [0.25, 0.3) is 0 Å². The Balaban J connectivity index is 1.75. The van der Waals surface area contributed by atoms with Gasteiger partial charge in [-0.15, -0.1) is 0 Å². The van der Waals surface area contributed by atoms with E-state index < -0.39 is 0 Å². The summed E-state index contributed by atoms with van der Waals surface area (Å²) in [6.45, 7) is 5.56. The Hall–Kier alpha value is -2.33. The standard InChI is InChI=1S/C22H27NO3/c1-2-26-21-10-8-20(9-11-21)22(24)23(16-18-6-4-3-5-7-18)17-19-12-14-25-15-13-19/h3-11,19H,2,12-17H2,1H3. The van der Waals surface area contributed by atoms with Crippen molar-refractivity contribution in [2.24, 2.45) is 5.92 Å². The molecule has 0 radical (unpaired) electrons. The Kier molecular flexibility index (Phi) is 6.67. The van der Waals surface area contributed by atoms with Crippen molar-refractivity contribution in [2.75, 3.05) is 26.4 Å². The molecule has 0 atom stereocenters. The van der Waals surface area contributed by atoms with Crippen LogP contribution in [-0.4, -0.2) is 37.2 Å². The molecule has 26 heavy (non-hydrogen) atoms. The molecule has 1 aliphatic rings. The number of hydrogen-bond donors (Lipinski definition) is 0. The summed E-state index contributed by atoms with van der Waals surface area (Å²) in [7, 11) is 0. The zero-order valence-corrected chi connectivity index (χ0v) is 15.4. The zero-order valence-electron chi connectivity index (χ0n) is 15.4. The molecule has 0 unspecified atom stereocenters. The van der Waals surface area contributed by atoms with E-state index in [-0.39, 0.29) is 5.91 Å². The van der Waals surface area contributed by atoms with Gasteiger partial charge in [-0.05, 0) is 55.5 Å². The number of nitrogens with zero attached hydrogens (tertiary/aromatic N) is 1. The molecule has 4 nitrogen and oxygen atoms in total. The van der Waals surface area contributed by atoms with Crippen LogP contribution in [0.15, 0.2) is 54.6 Å². The van der Waals surface area contributed by atoms with Crippen molar-refractivity contribution in [1.82, 2.24) is 4.90 Å². The molecule has 1 aliphatic heterocycles. The predicted molar refractivity (Wildman–Crippen MR) is 102 cm³/mol. The van der Waals surface area contributed by atoms with Crippen molar-refractivity contribution in [2.45, 2.75) is 26.3 Å². The predicted octanol–water partition coefficient (Wildman–Crippen LogP) is 4.15. The number of benzene rings is 2. The lowest BCUT2D eigenvalue weighted by Crippen LogP contribution is -2.36. The fourth-order valence-corrected chi connectivity index (χ4v) is 3.31. The van der Waals surface area contributed by atoms with Crippen LogP contribution in [0, 0.1) is 5.92 Å². The highest BCUT2D eigenvalue weighted by atomic mass is 16.5. The molecule has 2 aromatic rings. The average Bonchev–Trinajstić information content (AvgIpc) is 2.69. The maximum absolute atomic E-state index is 13.1. The van der Waals surface area contributed by atoms with E-state index in [9.17, 15) is 4.79 Å². The molecule has 0 saturated carbocycles. The minimum absolute atomic E-state index is 0.0726. The second kappa shape index (κ2) is 9.39. The van der Waals surface area contributed by atoms with Crippen molar-refractivity contribution < 1.29 is 14.3 Å². The Labute approximate surface area is 155 Å². The molecule has 4 heteroatoms. The van der Waals surface area contributed by atoms with E-state index in [2.05, 4.69) is 12.1 Å². The number of amides is 1. The molecule has 0 N–H and O–H groups in total. The lowest BCUT2D eigenvalue weighted by Gasteiger charge is -2.30. The summed E-state index contributed by atoms with van der Waals surface area (Å²) in [5.74, 6) is 1.37. The molecule has 1 amide bonds. The Bertz CT molecular complexity index is 678. The fraction of sp³-hybridized carbons (Fsp3) is 0.409. The van der Waals surface area contributed by atoms with E-state index in [1.54, 1.807) is 0 Å². The van der Waals surface area contributed by atoms with Gasteiger partial charge >= 0.3 is 0 Å². The van der Waals surface area contributed by atoms with E-state index in [1.807, 2.05) is 54.3 Å². The average molecular weight is 353 g/mol. The molecule has 0 spiro atoms. The maximum Gasteiger partial charge on any atom is 0.254 e. The highest BCUT2D eigenvalue weighted by molar-refractivity contribution is 5.94. The van der Waals surface area contributed by atoms with Gasteiger partial charge < -0.3 is 14.4 Å². The van der Waals surface area contributed by atoms with Crippen LogP contribution in [0.1, 0.15) is 35.7 Å². The first-order valence-electron chi connectivity index (χ1n) is 9.40. The molecular formula is C22H27NO3. The van der Waals surface area contributed by atoms with Crippen molar-refractivity contribution in [1.29, 1.82) is 0 Å². The molecule has 1 heterocycles. The van der Waals surface area contributed by atoms with Crippen LogP contribution >= 0.6 is 0 Å². The Morgan fingerprint density at radius 1 is 1.08 bits per heavy atom. The molecule has 0 aliphatic carbocycles. The molecule has 0 bridgehead atoms. The van der Waals surface area contributed by atoms with Gasteiger partial charge in [0.05, 0.1) is 6.61 Å². The first kappa shape index (κ1) is 18.5. The minimum atomic E-state index is 0.0726. The number of carbonyl (C=O) groups excluding carboxylic acids is 1. The van der Waals surface area contributed by atoms with Gasteiger partial charge in [0.15, 0.2) is 0 Å². The minimum Gasteiger partial charge on any atom is -0.494 e. The SMILES string of the molecule is CCOc1ccc(C(=O)N(Cc2ccccc2)CC2CCOCC2)cc1. The zero-order chi connectivity index (χ0) is 18.2. The van der Waals surface area contributed by atoms with Gasteiger partial charge in [-0.2, -0.15) is 0 Å². The van der Waals surface area contributed by atoms with Crippen molar-refractivity contribution in [3.63, 3.8) is 0 Å². The monoisotopic (exact) mass is 353 g/mol. The van der Waals surface area contributed by atoms with Crippen molar-refractivity contribution >= 4 is 5.91 Å². The lowest BCUT2D eigenvalue weighted by molar-refractivity contribution is 0.0446. The van der Waals surface area contributed by atoms with Crippen LogP contribution in [-0.2, 0) is 11.3 Å². The van der Waals surface area contributed by atoms with E-state index in [4.69, 9.17) is 9.47 Å². The van der Waals surface area contributed by atoms with Gasteiger partial charge in [0.2, 0.25) is 0 Å². The first-order valence-corrected chi connectivity index (χ1v) is 9.40. The maximum atomic E-state index is 13.1. The van der Waals surface area contributed by atoms with Gasteiger partial charge in [0.1, 0.15) is 5.75 Å². The Morgan fingerprint density at radius 3 is 2.42 bits per heavy atom. The van der Waals surface area contributed by atoms with E-state index >= 15 is 0 Å². The number of carbonyl (C=O) groups is 1. The molecule has 3 rings (SSSR count). The molecule has 2 aromatic carbocycles. The number of rotatable bonds is 7. The van der Waals surface area contributed by atoms with Gasteiger partial charge in [-0.1, -0.05) is 30.3 Å². The molecule has 1 saturated heterocycles. The quantitative estimate of drug-likeness (QED) is 0.750. The van der Waals surface area contributed by atoms with Crippen LogP contribution in [0.2, 0.25) is 0 Å². The van der Waals surface area contributed by atoms with E-state index in [0.29, 0.717) is 24.6 Å². The van der Waals surface area contributed by atoms with Crippen LogP contribution in [0.3, 0.4) is 0 Å². The smallest absolute Gasteiger partial charge is 0.254 e. The molecule has 0 aromatic heterocycles. The summed E-state index contributed by atoms with van der Waals surface area (Å²) in [5.41, 5.74) is 1.86. The summed E-state index contributed by atoms with van der Waals surface area (Å²) in [6.07, 6.45) is 2.03. The Morgan fingerprint density at radius 2 is 1.77 bits per heavy atom. The van der Waals surface area contributed by atoms with E-state index in [0.717, 1.165) is 43.9 Å². The molecule has 1 fully saturated rings. The summed E-state index contributed by atoms with van der Waals surface area (Å²) in [6, 6.07) is 17.6.